The largest absolute Gasteiger partial charge is 0.0882 e. The zero-order valence-corrected chi connectivity index (χ0v) is 8.48. The summed E-state index contributed by atoms with van der Waals surface area (Å²) < 4.78 is 0. The fraction of sp³-hybridized carbons (Fsp3) is 0.818. The highest BCUT2D eigenvalue weighted by Gasteiger charge is 2.17. The summed E-state index contributed by atoms with van der Waals surface area (Å²) in [6.07, 6.45) is 7.89. The average Bonchev–Trinajstić information content (AvgIpc) is 2.54. The summed E-state index contributed by atoms with van der Waals surface area (Å²) >= 11 is 0. The Morgan fingerprint density at radius 2 is 2.09 bits per heavy atom. The van der Waals surface area contributed by atoms with E-state index in [1.807, 2.05) is 13.8 Å². The minimum absolute atomic E-state index is 0.940. The van der Waals surface area contributed by atoms with Crippen LogP contribution in [-0.4, -0.2) is 0 Å². The molecule has 11 heavy (non-hydrogen) atoms. The Bertz CT molecular complexity index is 111. The van der Waals surface area contributed by atoms with Gasteiger partial charge in [-0.1, -0.05) is 32.4 Å². The van der Waals surface area contributed by atoms with Gasteiger partial charge in [0.15, 0.2) is 0 Å². The van der Waals surface area contributed by atoms with Crippen LogP contribution in [0.2, 0.25) is 0 Å². The molecule has 0 saturated heterocycles. The summed E-state index contributed by atoms with van der Waals surface area (Å²) in [5, 5.41) is 0. The molecule has 0 heteroatoms. The van der Waals surface area contributed by atoms with E-state index in [9.17, 15) is 0 Å². The minimum Gasteiger partial charge on any atom is -0.0882 e. The average molecular weight is 154 g/mol. The second-order valence-corrected chi connectivity index (χ2v) is 2.86. The maximum Gasteiger partial charge on any atom is -0.0206 e. The molecule has 66 valence electrons. The van der Waals surface area contributed by atoms with E-state index < -0.39 is 0 Å². The molecule has 1 fully saturated rings. The van der Waals surface area contributed by atoms with E-state index in [1.54, 1.807) is 5.57 Å². The van der Waals surface area contributed by atoms with E-state index in [0.717, 1.165) is 5.92 Å². The van der Waals surface area contributed by atoms with Crippen LogP contribution in [0.15, 0.2) is 11.6 Å². The standard InChI is InChI=1S/C9H16.C2H6/c1-3-8-6-5-7-9(8)4-2;1-2/h3,9H,4-7H2,1-2H3;1-2H3/b8-3+;. The fourth-order valence-electron chi connectivity index (χ4n) is 1.79. The lowest BCUT2D eigenvalue weighted by Crippen LogP contribution is -1.92. The molecule has 0 bridgehead atoms. The maximum absolute atomic E-state index is 2.31. The summed E-state index contributed by atoms with van der Waals surface area (Å²) in [4.78, 5) is 0. The van der Waals surface area contributed by atoms with Gasteiger partial charge in [-0.3, -0.25) is 0 Å². The Kier molecular flexibility index (Phi) is 6.30. The van der Waals surface area contributed by atoms with E-state index in [1.165, 1.54) is 25.7 Å². The number of hydrogen-bond acceptors (Lipinski definition) is 0. The monoisotopic (exact) mass is 154 g/mol. The molecule has 1 saturated carbocycles. The first-order valence-electron chi connectivity index (χ1n) is 5.03. The molecule has 0 aromatic rings. The van der Waals surface area contributed by atoms with Crippen LogP contribution in [-0.2, 0) is 0 Å². The van der Waals surface area contributed by atoms with Gasteiger partial charge < -0.3 is 0 Å². The third-order valence-corrected chi connectivity index (χ3v) is 2.41. The molecule has 1 aliphatic carbocycles. The molecule has 0 N–H and O–H groups in total. The quantitative estimate of drug-likeness (QED) is 0.497. The van der Waals surface area contributed by atoms with Crippen LogP contribution in [0.25, 0.3) is 0 Å². The van der Waals surface area contributed by atoms with Gasteiger partial charge in [0.2, 0.25) is 0 Å². The molecule has 0 aromatic heterocycles. The van der Waals surface area contributed by atoms with Gasteiger partial charge in [-0.25, -0.2) is 0 Å². The van der Waals surface area contributed by atoms with Crippen molar-refractivity contribution >= 4 is 0 Å². The third-order valence-electron chi connectivity index (χ3n) is 2.41. The first kappa shape index (κ1) is 10.7. The Labute approximate surface area is 71.7 Å². The molecule has 1 aliphatic rings. The summed E-state index contributed by atoms with van der Waals surface area (Å²) in [6, 6.07) is 0. The highest BCUT2D eigenvalue weighted by Crippen LogP contribution is 2.32. The molecule has 0 radical (unpaired) electrons. The van der Waals surface area contributed by atoms with Crippen molar-refractivity contribution in [3.63, 3.8) is 0 Å². The first-order valence-corrected chi connectivity index (χ1v) is 5.03. The molecule has 0 aliphatic heterocycles. The van der Waals surface area contributed by atoms with Crippen molar-refractivity contribution in [2.24, 2.45) is 5.92 Å². The van der Waals surface area contributed by atoms with E-state index in [-0.39, 0.29) is 0 Å². The smallest absolute Gasteiger partial charge is 0.0206 e. The SMILES string of the molecule is C/C=C1\CCCC1CC.CC. The first-order chi connectivity index (χ1) is 5.38. The van der Waals surface area contributed by atoms with Crippen LogP contribution in [0, 0.1) is 5.92 Å². The summed E-state index contributed by atoms with van der Waals surface area (Å²) in [6.45, 7) is 8.46. The molecule has 0 spiro atoms. The van der Waals surface area contributed by atoms with Crippen LogP contribution in [0.3, 0.4) is 0 Å². The van der Waals surface area contributed by atoms with Crippen LogP contribution in [0.1, 0.15) is 53.4 Å². The Hall–Kier alpha value is -0.260. The molecule has 1 atom stereocenters. The van der Waals surface area contributed by atoms with E-state index >= 15 is 0 Å². The van der Waals surface area contributed by atoms with Crippen LogP contribution in [0.4, 0.5) is 0 Å². The number of allylic oxidation sites excluding steroid dienone is 2. The zero-order chi connectivity index (χ0) is 8.69. The Morgan fingerprint density at radius 1 is 1.45 bits per heavy atom. The van der Waals surface area contributed by atoms with E-state index in [4.69, 9.17) is 0 Å². The Morgan fingerprint density at radius 3 is 2.45 bits per heavy atom. The van der Waals surface area contributed by atoms with Crippen molar-refractivity contribution < 1.29 is 0 Å². The van der Waals surface area contributed by atoms with E-state index in [2.05, 4.69) is 19.9 Å². The number of rotatable bonds is 1. The fourth-order valence-corrected chi connectivity index (χ4v) is 1.79. The van der Waals surface area contributed by atoms with Gasteiger partial charge in [0, 0.05) is 0 Å². The summed E-state index contributed by atoms with van der Waals surface area (Å²) in [5.41, 5.74) is 1.71. The lowest BCUT2D eigenvalue weighted by Gasteiger charge is -2.06. The maximum atomic E-state index is 2.31. The van der Waals surface area contributed by atoms with Crippen LogP contribution in [0.5, 0.6) is 0 Å². The van der Waals surface area contributed by atoms with Crippen LogP contribution < -0.4 is 0 Å². The molecular formula is C11H22. The second-order valence-electron chi connectivity index (χ2n) is 2.86. The van der Waals surface area contributed by atoms with Crippen molar-refractivity contribution in [1.82, 2.24) is 0 Å². The minimum atomic E-state index is 0.940. The Balaban J connectivity index is 0.000000461. The molecule has 0 nitrogen and oxygen atoms in total. The van der Waals surface area contributed by atoms with E-state index in [0.29, 0.717) is 0 Å². The molecule has 1 rings (SSSR count). The molecule has 0 aromatic carbocycles. The number of hydrogen-bond donors (Lipinski definition) is 0. The highest BCUT2D eigenvalue weighted by molar-refractivity contribution is 5.09. The van der Waals surface area contributed by atoms with Gasteiger partial charge >= 0.3 is 0 Å². The second kappa shape index (κ2) is 6.45. The molecule has 0 amide bonds. The van der Waals surface area contributed by atoms with Crippen molar-refractivity contribution in [3.05, 3.63) is 11.6 Å². The lowest BCUT2D eigenvalue weighted by molar-refractivity contribution is 0.605. The van der Waals surface area contributed by atoms with Gasteiger partial charge in [-0.2, -0.15) is 0 Å². The predicted molar refractivity (Wildman–Crippen MR) is 52.7 cm³/mol. The molecule has 0 heterocycles. The van der Waals surface area contributed by atoms with Gasteiger partial charge in [-0.05, 0) is 38.5 Å². The summed E-state index contributed by atoms with van der Waals surface area (Å²) in [5.74, 6) is 0.940. The van der Waals surface area contributed by atoms with Gasteiger partial charge in [0.25, 0.3) is 0 Å². The molecular weight excluding hydrogens is 132 g/mol. The predicted octanol–water partition coefficient (Wildman–Crippen LogP) is 4.17. The normalized spacial score (nSPS) is 26.5. The van der Waals surface area contributed by atoms with Gasteiger partial charge in [0.05, 0.1) is 0 Å². The van der Waals surface area contributed by atoms with Crippen molar-refractivity contribution in [1.29, 1.82) is 0 Å². The summed E-state index contributed by atoms with van der Waals surface area (Å²) in [7, 11) is 0. The lowest BCUT2D eigenvalue weighted by atomic mass is 10.0. The van der Waals surface area contributed by atoms with Crippen LogP contribution >= 0.6 is 0 Å². The van der Waals surface area contributed by atoms with Crippen molar-refractivity contribution in [2.45, 2.75) is 53.4 Å². The topological polar surface area (TPSA) is 0 Å². The third kappa shape index (κ3) is 3.09. The van der Waals surface area contributed by atoms with Crippen molar-refractivity contribution in [2.75, 3.05) is 0 Å². The molecule has 1 unspecified atom stereocenters. The van der Waals surface area contributed by atoms with Gasteiger partial charge in [-0.15, -0.1) is 0 Å². The van der Waals surface area contributed by atoms with Gasteiger partial charge in [0.1, 0.15) is 0 Å². The highest BCUT2D eigenvalue weighted by atomic mass is 14.2. The van der Waals surface area contributed by atoms with Crippen molar-refractivity contribution in [3.8, 4) is 0 Å². The zero-order valence-electron chi connectivity index (χ0n) is 8.48.